The van der Waals surface area contributed by atoms with Crippen molar-refractivity contribution in [3.8, 4) is 0 Å². The number of carbonyl (C=O) groups excluding carboxylic acids is 1. The lowest BCUT2D eigenvalue weighted by atomic mass is 9.86. The van der Waals surface area contributed by atoms with Crippen LogP contribution in [-0.4, -0.2) is 46.1 Å². The van der Waals surface area contributed by atoms with Crippen molar-refractivity contribution >= 4 is 59.9 Å². The number of alkyl halides is 1. The second kappa shape index (κ2) is 13.6. The van der Waals surface area contributed by atoms with Gasteiger partial charge in [0.05, 0.1) is 11.9 Å². The Morgan fingerprint density at radius 1 is 1.07 bits per heavy atom. The largest absolute Gasteiger partial charge is 0.553 e. The average Bonchev–Trinajstić information content (AvgIpc) is 3.65. The smallest absolute Gasteiger partial charge is 0.329 e. The lowest BCUT2D eigenvalue weighted by molar-refractivity contribution is -0.315. The summed E-state index contributed by atoms with van der Waals surface area (Å²) in [5.74, 6) is 6.10. The number of nitrogens with zero attached hydrogens (tertiary/aromatic N) is 4. The number of amides is 1. The van der Waals surface area contributed by atoms with Gasteiger partial charge in [-0.05, 0) is 65.9 Å². The van der Waals surface area contributed by atoms with Crippen LogP contribution in [0.4, 0.5) is 20.3 Å². The van der Waals surface area contributed by atoms with Crippen molar-refractivity contribution in [2.45, 2.75) is 45.1 Å². The third-order valence-electron chi connectivity index (χ3n) is 8.27. The van der Waals surface area contributed by atoms with Crippen LogP contribution < -0.4 is 16.5 Å². The molecule has 1 radical (unpaired) electrons. The Bertz CT molecular complexity index is 1730. The molecule has 6 rings (SSSR count). The highest BCUT2D eigenvalue weighted by atomic mass is 35.5. The van der Waals surface area contributed by atoms with Crippen molar-refractivity contribution in [1.82, 2.24) is 9.79 Å². The van der Waals surface area contributed by atoms with Crippen molar-refractivity contribution in [2.75, 3.05) is 11.2 Å². The number of allylic oxidation sites excluding steroid dienone is 1. The van der Waals surface area contributed by atoms with Crippen molar-refractivity contribution < 1.29 is 18.1 Å². The summed E-state index contributed by atoms with van der Waals surface area (Å²) in [5, 5.41) is 10.1. The summed E-state index contributed by atoms with van der Waals surface area (Å²) >= 11 is 5.66. The zero-order valence-corrected chi connectivity index (χ0v) is 25.4. The van der Waals surface area contributed by atoms with Gasteiger partial charge in [-0.1, -0.05) is 44.2 Å². The summed E-state index contributed by atoms with van der Waals surface area (Å²) in [6.45, 7) is 0.220. The maximum atomic E-state index is 13.8. The lowest BCUT2D eigenvalue weighted by Gasteiger charge is -2.22. The number of nitrogens with one attached hydrogen (secondary N) is 2. The van der Waals surface area contributed by atoms with Crippen LogP contribution in [0.1, 0.15) is 55.3 Å². The quantitative estimate of drug-likeness (QED) is 0.0912. The second-order valence-corrected chi connectivity index (χ2v) is 11.7. The highest BCUT2D eigenvalue weighted by Crippen LogP contribution is 2.36. The molecule has 3 aromatic rings. The molecule has 0 atom stereocenters. The van der Waals surface area contributed by atoms with Crippen molar-refractivity contribution in [2.24, 2.45) is 21.9 Å². The number of hydrazone groups is 1. The number of carbonyl (C=O) groups is 1. The summed E-state index contributed by atoms with van der Waals surface area (Å²) < 4.78 is 31.7. The predicted molar refractivity (Wildman–Crippen MR) is 176 cm³/mol. The zero-order chi connectivity index (χ0) is 31.3. The highest BCUT2D eigenvalue weighted by molar-refractivity contribution is 6.32. The van der Waals surface area contributed by atoms with Crippen LogP contribution in [0.2, 0.25) is 0 Å². The van der Waals surface area contributed by atoms with Gasteiger partial charge in [-0.2, -0.15) is 5.10 Å². The molecule has 0 saturated heterocycles. The topological polar surface area (TPSA) is 99.8 Å². The van der Waals surface area contributed by atoms with Gasteiger partial charge in [0.25, 0.3) is 5.84 Å². The van der Waals surface area contributed by atoms with Gasteiger partial charge in [-0.15, -0.1) is 11.6 Å². The first-order valence-electron chi connectivity index (χ1n) is 15.0. The van der Waals surface area contributed by atoms with Crippen LogP contribution >= 0.6 is 11.6 Å². The van der Waals surface area contributed by atoms with E-state index in [0.29, 0.717) is 23.0 Å². The summed E-state index contributed by atoms with van der Waals surface area (Å²) in [6.07, 6.45) is 12.6. The minimum atomic E-state index is -0.625. The number of hydrogen-bond acceptors (Lipinski definition) is 5. The number of amidine groups is 1. The van der Waals surface area contributed by atoms with E-state index in [1.807, 2.05) is 65.1 Å². The molecule has 1 aliphatic carbocycles. The highest BCUT2D eigenvalue weighted by Gasteiger charge is 2.34. The Morgan fingerprint density at radius 2 is 1.82 bits per heavy atom. The van der Waals surface area contributed by atoms with E-state index in [9.17, 15) is 13.6 Å². The fourth-order valence-electron chi connectivity index (χ4n) is 6.12. The first kappa shape index (κ1) is 30.5. The number of fused-ring (bicyclic) bond motifs is 2. The zero-order valence-electron chi connectivity index (χ0n) is 24.6. The molecule has 2 aromatic carbocycles. The van der Waals surface area contributed by atoms with Gasteiger partial charge >= 0.3 is 7.55 Å². The fraction of sp³-hybridized carbons (Fsp3) is 0.273. The van der Waals surface area contributed by atoms with Crippen LogP contribution in [-0.2, 0) is 11.3 Å². The summed E-state index contributed by atoms with van der Waals surface area (Å²) in [6, 6.07) is 15.0. The number of anilines is 1. The molecule has 2 aliphatic heterocycles. The van der Waals surface area contributed by atoms with Crippen molar-refractivity contribution in [1.29, 1.82) is 0 Å². The number of halogens is 3. The average molecular weight is 628 g/mol. The van der Waals surface area contributed by atoms with E-state index in [4.69, 9.17) is 22.4 Å². The Kier molecular flexibility index (Phi) is 9.25. The molecule has 12 heteroatoms. The molecule has 4 N–H and O–H groups in total. The molecule has 1 fully saturated rings. The standard InChI is InChI=1S/C33H33BClF2N7O/c35-18-32(45)41-26-8-6-23(7-9-26)33-28-10-12-30(39-19-22-14-24(36)17-25(37)15-22)43(28)34-44-29(33)11-13-31(44)40-20-27(42-38)16-21-4-2-1-3-5-21/h6-15,17,20-21,39H,1-5,16,18-19,38H2,(H,41,45)/q+1. The lowest BCUT2D eigenvalue weighted by Crippen LogP contribution is -2.36. The Hall–Kier alpha value is -4.51. The Balaban J connectivity index is 1.34. The van der Waals surface area contributed by atoms with Gasteiger partial charge in [-0.25, -0.2) is 13.8 Å². The van der Waals surface area contributed by atoms with Crippen LogP contribution in [0, 0.1) is 17.6 Å². The molecule has 1 aromatic heterocycles. The minimum absolute atomic E-state index is 0.130. The monoisotopic (exact) mass is 627 g/mol. The van der Waals surface area contributed by atoms with E-state index in [1.54, 1.807) is 6.21 Å². The second-order valence-electron chi connectivity index (χ2n) is 11.4. The summed E-state index contributed by atoms with van der Waals surface area (Å²) in [4.78, 5) is 16.6. The number of nitrogens with two attached hydrogens (primary N) is 1. The maximum absolute atomic E-state index is 13.8. The third-order valence-corrected chi connectivity index (χ3v) is 8.51. The van der Waals surface area contributed by atoms with Crippen molar-refractivity contribution in [3.05, 3.63) is 101 Å². The molecule has 229 valence electrons. The third kappa shape index (κ3) is 6.93. The molecule has 1 saturated carbocycles. The van der Waals surface area contributed by atoms with E-state index in [0.717, 1.165) is 46.6 Å². The van der Waals surface area contributed by atoms with E-state index in [2.05, 4.69) is 15.7 Å². The van der Waals surface area contributed by atoms with Gasteiger partial charge in [0, 0.05) is 29.1 Å². The molecule has 0 spiro atoms. The van der Waals surface area contributed by atoms with Gasteiger partial charge in [0.2, 0.25) is 5.91 Å². The Labute approximate surface area is 266 Å². The number of benzene rings is 2. The minimum Gasteiger partial charge on any atom is -0.329 e. The SMILES string of the molecule is NN=C(C=Nc1ccc2n1[B][N+]1=C(NCc3cc(F)cc(F)c3)C=CC1=C2c1ccc(NC(=O)CCl)cc1)CC1CCCCC1. The van der Waals surface area contributed by atoms with E-state index in [1.165, 1.54) is 44.2 Å². The molecule has 8 nitrogen and oxygen atoms in total. The molecule has 45 heavy (non-hydrogen) atoms. The molecular formula is C33H33BClF2N7O+. The number of aromatic nitrogens is 1. The first-order chi connectivity index (χ1) is 21.9. The fourth-order valence-corrected chi connectivity index (χ4v) is 6.18. The molecule has 1 amide bonds. The first-order valence-corrected chi connectivity index (χ1v) is 15.6. The molecule has 3 aliphatic rings. The van der Waals surface area contributed by atoms with Gasteiger partial charge in [0.15, 0.2) is 0 Å². The summed E-state index contributed by atoms with van der Waals surface area (Å²) in [7, 11) is 1.94. The van der Waals surface area contributed by atoms with Gasteiger partial charge < -0.3 is 15.6 Å². The number of aliphatic imine (C=N–C) groups is 1. The summed E-state index contributed by atoms with van der Waals surface area (Å²) in [5.41, 5.74) is 5.57. The van der Waals surface area contributed by atoms with Crippen LogP contribution in [0.5, 0.6) is 0 Å². The van der Waals surface area contributed by atoms with Gasteiger partial charge in [-0.3, -0.25) is 14.6 Å². The Morgan fingerprint density at radius 3 is 2.53 bits per heavy atom. The molecular weight excluding hydrogens is 595 g/mol. The van der Waals surface area contributed by atoms with E-state index < -0.39 is 11.6 Å². The normalized spacial score (nSPS) is 16.6. The van der Waals surface area contributed by atoms with E-state index >= 15 is 0 Å². The van der Waals surface area contributed by atoms with Crippen molar-refractivity contribution in [3.63, 3.8) is 0 Å². The van der Waals surface area contributed by atoms with Crippen LogP contribution in [0.3, 0.4) is 0 Å². The predicted octanol–water partition coefficient (Wildman–Crippen LogP) is 5.86. The molecule has 0 bridgehead atoms. The van der Waals surface area contributed by atoms with Gasteiger partial charge in [0.1, 0.15) is 35.6 Å². The molecule has 3 heterocycles. The number of rotatable bonds is 9. The van der Waals surface area contributed by atoms with E-state index in [-0.39, 0.29) is 18.3 Å². The van der Waals surface area contributed by atoms with Crippen LogP contribution in [0.15, 0.2) is 82.5 Å². The molecule has 0 unspecified atom stereocenters. The van der Waals surface area contributed by atoms with Crippen LogP contribution in [0.25, 0.3) is 5.57 Å². The maximum Gasteiger partial charge on any atom is 0.553 e. The number of hydrogen-bond donors (Lipinski definition) is 3.